The minimum absolute atomic E-state index is 0.0816. The van der Waals surface area contributed by atoms with Gasteiger partial charge in [0, 0.05) is 23.5 Å². The second-order valence-electron chi connectivity index (χ2n) is 5.56. The number of nitrogens with zero attached hydrogens (tertiary/aromatic N) is 2. The van der Waals surface area contributed by atoms with Crippen LogP contribution in [-0.2, 0) is 0 Å². The summed E-state index contributed by atoms with van der Waals surface area (Å²) in [5.41, 5.74) is 2.91. The van der Waals surface area contributed by atoms with Crippen LogP contribution >= 0.6 is 35.4 Å². The molecule has 0 aromatic heterocycles. The summed E-state index contributed by atoms with van der Waals surface area (Å²) in [6.07, 6.45) is 0.690. The van der Waals surface area contributed by atoms with E-state index in [0.717, 1.165) is 22.6 Å². The van der Waals surface area contributed by atoms with E-state index in [1.54, 1.807) is 25.2 Å². The van der Waals surface area contributed by atoms with Gasteiger partial charge in [0.25, 0.3) is 0 Å². The van der Waals surface area contributed by atoms with E-state index in [-0.39, 0.29) is 6.04 Å². The van der Waals surface area contributed by atoms with E-state index in [4.69, 9.17) is 45.3 Å². The monoisotopic (exact) mass is 393 g/mol. The molecule has 0 radical (unpaired) electrons. The predicted molar refractivity (Wildman–Crippen MR) is 107 cm³/mol. The Bertz CT molecular complexity index is 824. The Kier molecular flexibility index (Phi) is 5.47. The first-order valence-electron chi connectivity index (χ1n) is 7.71. The van der Waals surface area contributed by atoms with E-state index in [9.17, 15) is 0 Å². The molecule has 1 N–H and O–H groups in total. The smallest absolute Gasteiger partial charge is 0.189 e. The second-order valence-corrected chi connectivity index (χ2v) is 6.79. The fraction of sp³-hybridized carbons (Fsp3) is 0.222. The maximum atomic E-state index is 6.41. The molecule has 0 spiro atoms. The molecule has 1 aliphatic heterocycles. The van der Waals surface area contributed by atoms with Gasteiger partial charge in [-0.25, -0.2) is 5.01 Å². The largest absolute Gasteiger partial charge is 0.497 e. The number of hydrogen-bond donors (Lipinski definition) is 1. The third kappa shape index (κ3) is 3.73. The van der Waals surface area contributed by atoms with Crippen LogP contribution in [0.25, 0.3) is 0 Å². The minimum Gasteiger partial charge on any atom is -0.497 e. The van der Waals surface area contributed by atoms with Crippen LogP contribution in [0.2, 0.25) is 10.0 Å². The molecule has 1 atom stereocenters. The zero-order valence-electron chi connectivity index (χ0n) is 13.8. The Morgan fingerprint density at radius 3 is 2.56 bits per heavy atom. The summed E-state index contributed by atoms with van der Waals surface area (Å²) in [6.45, 7) is 0. The fourth-order valence-electron chi connectivity index (χ4n) is 2.78. The molecule has 0 saturated carbocycles. The summed E-state index contributed by atoms with van der Waals surface area (Å²) in [7, 11) is 3.43. The van der Waals surface area contributed by atoms with Crippen molar-refractivity contribution in [3.63, 3.8) is 0 Å². The maximum Gasteiger partial charge on any atom is 0.189 e. The molecule has 0 aliphatic carbocycles. The summed E-state index contributed by atoms with van der Waals surface area (Å²) >= 11 is 17.9. The summed E-state index contributed by atoms with van der Waals surface area (Å²) in [5.74, 6) is 0.808. The quantitative estimate of drug-likeness (QED) is 0.769. The summed E-state index contributed by atoms with van der Waals surface area (Å²) in [6, 6.07) is 13.2. The maximum absolute atomic E-state index is 6.41. The number of benzene rings is 2. The Morgan fingerprint density at radius 2 is 1.96 bits per heavy atom. The zero-order valence-corrected chi connectivity index (χ0v) is 16.1. The summed E-state index contributed by atoms with van der Waals surface area (Å²) in [4.78, 5) is 0. The summed E-state index contributed by atoms with van der Waals surface area (Å²) in [5, 5.41) is 11.3. The highest BCUT2D eigenvalue weighted by Gasteiger charge is 2.32. The normalized spacial score (nSPS) is 16.6. The van der Waals surface area contributed by atoms with Crippen molar-refractivity contribution in [3.05, 3.63) is 63.6 Å². The summed E-state index contributed by atoms with van der Waals surface area (Å²) < 4.78 is 5.21. The van der Waals surface area contributed by atoms with E-state index < -0.39 is 0 Å². The molecule has 0 amide bonds. The SMILES string of the molecule is CNC(=S)N1N=C(c2ccc(OC)cc2)C[C@@H]1c1ccc(Cl)cc1Cl. The van der Waals surface area contributed by atoms with Crippen LogP contribution in [0.4, 0.5) is 0 Å². The lowest BCUT2D eigenvalue weighted by molar-refractivity contribution is 0.367. The number of hydrazone groups is 1. The molecule has 1 aliphatic rings. The van der Waals surface area contributed by atoms with Crippen LogP contribution in [0.15, 0.2) is 47.6 Å². The van der Waals surface area contributed by atoms with Gasteiger partial charge in [-0.1, -0.05) is 29.3 Å². The van der Waals surface area contributed by atoms with E-state index in [2.05, 4.69) is 5.32 Å². The van der Waals surface area contributed by atoms with Crippen LogP contribution < -0.4 is 10.1 Å². The average Bonchev–Trinajstić information content (AvgIpc) is 3.06. The van der Waals surface area contributed by atoms with Gasteiger partial charge < -0.3 is 10.1 Å². The molecular weight excluding hydrogens is 377 g/mol. The van der Waals surface area contributed by atoms with Crippen molar-refractivity contribution in [1.29, 1.82) is 0 Å². The molecule has 3 rings (SSSR count). The topological polar surface area (TPSA) is 36.9 Å². The van der Waals surface area contributed by atoms with Gasteiger partial charge in [-0.05, 0) is 59.7 Å². The van der Waals surface area contributed by atoms with Crippen LogP contribution in [0.1, 0.15) is 23.6 Å². The van der Waals surface area contributed by atoms with Gasteiger partial charge in [0.1, 0.15) is 5.75 Å². The van der Waals surface area contributed by atoms with Crippen molar-refractivity contribution in [2.45, 2.75) is 12.5 Å². The van der Waals surface area contributed by atoms with Crippen molar-refractivity contribution in [1.82, 2.24) is 10.3 Å². The number of nitrogens with one attached hydrogen (secondary N) is 1. The van der Waals surface area contributed by atoms with Gasteiger partial charge in [-0.15, -0.1) is 0 Å². The van der Waals surface area contributed by atoms with Crippen molar-refractivity contribution < 1.29 is 4.74 Å². The first kappa shape index (κ1) is 18.0. The number of halogens is 2. The molecule has 0 bridgehead atoms. The van der Waals surface area contributed by atoms with E-state index in [1.807, 2.05) is 36.4 Å². The van der Waals surface area contributed by atoms with E-state index >= 15 is 0 Å². The standard InChI is InChI=1S/C18H17Cl2N3OS/c1-21-18(25)23-17(14-8-5-12(19)9-15(14)20)10-16(22-23)11-3-6-13(24-2)7-4-11/h3-9,17H,10H2,1-2H3,(H,21,25)/t17-/m1/s1. The lowest BCUT2D eigenvalue weighted by Gasteiger charge is -2.24. The highest BCUT2D eigenvalue weighted by Crippen LogP contribution is 2.37. The average molecular weight is 394 g/mol. The molecule has 1 heterocycles. The van der Waals surface area contributed by atoms with Gasteiger partial charge in [-0.2, -0.15) is 5.10 Å². The third-order valence-corrected chi connectivity index (χ3v) is 5.03. The van der Waals surface area contributed by atoms with Gasteiger partial charge in [0.2, 0.25) is 0 Å². The highest BCUT2D eigenvalue weighted by atomic mass is 35.5. The van der Waals surface area contributed by atoms with Gasteiger partial charge >= 0.3 is 0 Å². The molecule has 7 heteroatoms. The molecule has 130 valence electrons. The zero-order chi connectivity index (χ0) is 18.0. The first-order chi connectivity index (χ1) is 12.0. The molecule has 2 aromatic carbocycles. The Morgan fingerprint density at radius 1 is 1.24 bits per heavy atom. The molecule has 0 unspecified atom stereocenters. The second kappa shape index (κ2) is 7.60. The molecule has 2 aromatic rings. The predicted octanol–water partition coefficient (Wildman–Crippen LogP) is 4.66. The molecule has 25 heavy (non-hydrogen) atoms. The van der Waals surface area contributed by atoms with Crippen molar-refractivity contribution in [2.24, 2.45) is 5.10 Å². The molecular formula is C18H17Cl2N3OS. The van der Waals surface area contributed by atoms with Crippen LogP contribution in [0.5, 0.6) is 5.75 Å². The Balaban J connectivity index is 1.96. The van der Waals surface area contributed by atoms with Crippen LogP contribution in [0.3, 0.4) is 0 Å². The fourth-order valence-corrected chi connectivity index (χ4v) is 3.49. The molecule has 0 fully saturated rings. The molecule has 0 saturated heterocycles. The van der Waals surface area contributed by atoms with E-state index in [0.29, 0.717) is 21.6 Å². The van der Waals surface area contributed by atoms with Crippen LogP contribution in [0, 0.1) is 0 Å². The number of ether oxygens (including phenoxy) is 1. The Hall–Kier alpha value is -1.82. The highest BCUT2D eigenvalue weighted by molar-refractivity contribution is 7.80. The van der Waals surface area contributed by atoms with E-state index in [1.165, 1.54) is 0 Å². The lowest BCUT2D eigenvalue weighted by atomic mass is 9.98. The minimum atomic E-state index is -0.0816. The van der Waals surface area contributed by atoms with Gasteiger partial charge in [-0.3, -0.25) is 0 Å². The number of methoxy groups -OCH3 is 1. The van der Waals surface area contributed by atoms with Gasteiger partial charge in [0.15, 0.2) is 5.11 Å². The van der Waals surface area contributed by atoms with Crippen molar-refractivity contribution in [2.75, 3.05) is 14.2 Å². The molecule has 4 nitrogen and oxygen atoms in total. The van der Waals surface area contributed by atoms with Crippen LogP contribution in [-0.4, -0.2) is 30.0 Å². The third-order valence-electron chi connectivity index (χ3n) is 4.08. The van der Waals surface area contributed by atoms with Gasteiger partial charge in [0.05, 0.1) is 18.9 Å². The number of thiocarbonyl (C=S) groups is 1. The number of hydrogen-bond acceptors (Lipinski definition) is 3. The van der Waals surface area contributed by atoms with Crippen molar-refractivity contribution >= 4 is 46.2 Å². The lowest BCUT2D eigenvalue weighted by Crippen LogP contribution is -2.34. The first-order valence-corrected chi connectivity index (χ1v) is 8.87. The Labute approximate surface area is 162 Å². The number of rotatable bonds is 3. The van der Waals surface area contributed by atoms with Crippen molar-refractivity contribution in [3.8, 4) is 5.75 Å².